The van der Waals surface area contributed by atoms with E-state index in [1.54, 1.807) is 17.2 Å². The molecule has 0 unspecified atom stereocenters. The van der Waals surface area contributed by atoms with Crippen LogP contribution in [-0.4, -0.2) is 15.9 Å². The average molecular weight is 345 g/mol. The molecule has 2 aromatic carbocycles. The Kier molecular flexibility index (Phi) is 4.09. The molecule has 1 aliphatic rings. The summed E-state index contributed by atoms with van der Waals surface area (Å²) >= 11 is 0. The van der Waals surface area contributed by atoms with Crippen LogP contribution in [0.25, 0.3) is 5.57 Å². The van der Waals surface area contributed by atoms with Gasteiger partial charge in [0.1, 0.15) is 5.76 Å². The van der Waals surface area contributed by atoms with Gasteiger partial charge in [-0.25, -0.2) is 0 Å². The molecule has 1 aliphatic heterocycles. The summed E-state index contributed by atoms with van der Waals surface area (Å²) < 4.78 is 5.43. The van der Waals surface area contributed by atoms with Gasteiger partial charge in [-0.1, -0.05) is 60.2 Å². The van der Waals surface area contributed by atoms with E-state index < -0.39 is 0 Å². The maximum Gasteiger partial charge on any atom is 0.290 e. The quantitative estimate of drug-likeness (QED) is 0.749. The van der Waals surface area contributed by atoms with Crippen molar-refractivity contribution in [3.63, 3.8) is 0 Å². The molecule has 0 saturated heterocycles. The number of carbonyl (C=O) groups is 1. The minimum absolute atomic E-state index is 0.200. The van der Waals surface area contributed by atoms with Crippen LogP contribution in [0.2, 0.25) is 0 Å². The molecule has 26 heavy (non-hydrogen) atoms. The van der Waals surface area contributed by atoms with Crippen molar-refractivity contribution in [3.05, 3.63) is 101 Å². The maximum absolute atomic E-state index is 12.8. The minimum Gasteiger partial charge on any atom is -0.503 e. The molecule has 4 heteroatoms. The molecular formula is C22H19NO3. The number of hydrogen-bond donors (Lipinski definition) is 1. The standard InChI is InChI=1S/C22H19NO3/c1-15-9-11-16(12-10-15)19-20(17-6-3-2-4-7-17)23(22(25)21(19)24)14-18-8-5-13-26-18/h2-13,20,24H,14H2,1H3/t20-/m1/s1. The Bertz CT molecular complexity index is 941. The summed E-state index contributed by atoms with van der Waals surface area (Å²) in [7, 11) is 0. The Morgan fingerprint density at radius 3 is 2.38 bits per heavy atom. The number of nitrogens with zero attached hydrogens (tertiary/aromatic N) is 1. The van der Waals surface area contributed by atoms with E-state index in [1.807, 2.05) is 67.6 Å². The van der Waals surface area contributed by atoms with E-state index in [1.165, 1.54) is 0 Å². The van der Waals surface area contributed by atoms with Crippen molar-refractivity contribution >= 4 is 11.5 Å². The van der Waals surface area contributed by atoms with E-state index in [0.29, 0.717) is 17.9 Å². The number of carbonyl (C=O) groups excluding carboxylic acids is 1. The largest absolute Gasteiger partial charge is 0.503 e. The lowest BCUT2D eigenvalue weighted by atomic mass is 9.93. The predicted octanol–water partition coefficient (Wildman–Crippen LogP) is 4.64. The Morgan fingerprint density at radius 2 is 1.73 bits per heavy atom. The Balaban J connectivity index is 1.82. The highest BCUT2D eigenvalue weighted by molar-refractivity contribution is 6.05. The van der Waals surface area contributed by atoms with Crippen molar-refractivity contribution in [1.82, 2.24) is 4.90 Å². The highest BCUT2D eigenvalue weighted by Gasteiger charge is 2.41. The molecule has 1 aromatic heterocycles. The van der Waals surface area contributed by atoms with Crippen LogP contribution < -0.4 is 0 Å². The molecule has 0 fully saturated rings. The average Bonchev–Trinajstić information content (AvgIpc) is 3.26. The fourth-order valence-electron chi connectivity index (χ4n) is 3.40. The second-order valence-corrected chi connectivity index (χ2v) is 6.45. The van der Waals surface area contributed by atoms with E-state index in [-0.39, 0.29) is 17.7 Å². The topological polar surface area (TPSA) is 53.7 Å². The molecule has 4 nitrogen and oxygen atoms in total. The third-order valence-electron chi connectivity index (χ3n) is 4.69. The third kappa shape index (κ3) is 2.80. The highest BCUT2D eigenvalue weighted by Crippen LogP contribution is 2.43. The first-order valence-corrected chi connectivity index (χ1v) is 8.53. The van der Waals surface area contributed by atoms with Crippen molar-refractivity contribution in [2.75, 3.05) is 0 Å². The lowest BCUT2D eigenvalue weighted by Crippen LogP contribution is -2.29. The SMILES string of the molecule is Cc1ccc(C2=C(O)C(=O)N(Cc3ccco3)[C@@H]2c2ccccc2)cc1. The summed E-state index contributed by atoms with van der Waals surface area (Å²) in [6.45, 7) is 2.31. The summed E-state index contributed by atoms with van der Waals surface area (Å²) in [6, 6.07) is 20.9. The van der Waals surface area contributed by atoms with Crippen molar-refractivity contribution in [3.8, 4) is 0 Å². The zero-order valence-electron chi connectivity index (χ0n) is 14.4. The van der Waals surface area contributed by atoms with Crippen molar-refractivity contribution in [1.29, 1.82) is 0 Å². The smallest absolute Gasteiger partial charge is 0.290 e. The third-order valence-corrected chi connectivity index (χ3v) is 4.69. The first-order chi connectivity index (χ1) is 12.6. The van der Waals surface area contributed by atoms with Gasteiger partial charge in [0.2, 0.25) is 0 Å². The summed E-state index contributed by atoms with van der Waals surface area (Å²) in [5.41, 5.74) is 3.55. The van der Waals surface area contributed by atoms with Gasteiger partial charge >= 0.3 is 0 Å². The maximum atomic E-state index is 12.8. The molecule has 0 bridgehead atoms. The van der Waals surface area contributed by atoms with Gasteiger partial charge in [-0.2, -0.15) is 0 Å². The highest BCUT2D eigenvalue weighted by atomic mass is 16.3. The van der Waals surface area contributed by atoms with Crippen LogP contribution in [0.4, 0.5) is 0 Å². The first kappa shape index (κ1) is 16.2. The molecule has 4 rings (SSSR count). The van der Waals surface area contributed by atoms with Gasteiger partial charge < -0.3 is 14.4 Å². The van der Waals surface area contributed by atoms with Crippen LogP contribution >= 0.6 is 0 Å². The molecular weight excluding hydrogens is 326 g/mol. The van der Waals surface area contributed by atoms with Gasteiger partial charge in [0.25, 0.3) is 5.91 Å². The van der Waals surface area contributed by atoms with Crippen LogP contribution in [-0.2, 0) is 11.3 Å². The Hall–Kier alpha value is -3.27. The van der Waals surface area contributed by atoms with Gasteiger partial charge in [-0.15, -0.1) is 0 Å². The predicted molar refractivity (Wildman–Crippen MR) is 99.2 cm³/mol. The number of aliphatic hydroxyl groups excluding tert-OH is 1. The summed E-state index contributed by atoms with van der Waals surface area (Å²) in [5.74, 6) is 0.0947. The zero-order valence-corrected chi connectivity index (χ0v) is 14.4. The van der Waals surface area contributed by atoms with Crippen LogP contribution in [0.15, 0.2) is 83.2 Å². The Labute approximate surface area is 152 Å². The molecule has 1 atom stereocenters. The zero-order chi connectivity index (χ0) is 18.1. The van der Waals surface area contributed by atoms with Crippen LogP contribution in [0.5, 0.6) is 0 Å². The lowest BCUT2D eigenvalue weighted by Gasteiger charge is -2.26. The monoisotopic (exact) mass is 345 g/mol. The molecule has 0 saturated carbocycles. The van der Waals surface area contributed by atoms with Gasteiger partial charge in [0.15, 0.2) is 5.76 Å². The second-order valence-electron chi connectivity index (χ2n) is 6.45. The Morgan fingerprint density at radius 1 is 1.00 bits per heavy atom. The molecule has 130 valence electrons. The molecule has 0 radical (unpaired) electrons. The molecule has 1 amide bonds. The van der Waals surface area contributed by atoms with Crippen molar-refractivity contribution in [2.24, 2.45) is 0 Å². The summed E-state index contributed by atoms with van der Waals surface area (Å²) in [4.78, 5) is 14.5. The van der Waals surface area contributed by atoms with Gasteiger partial charge in [-0.05, 0) is 30.2 Å². The number of aryl methyl sites for hydroxylation is 1. The van der Waals surface area contributed by atoms with E-state index >= 15 is 0 Å². The van der Waals surface area contributed by atoms with Crippen LogP contribution in [0, 0.1) is 6.92 Å². The van der Waals surface area contributed by atoms with E-state index in [9.17, 15) is 9.90 Å². The van der Waals surface area contributed by atoms with Crippen molar-refractivity contribution < 1.29 is 14.3 Å². The minimum atomic E-state index is -0.383. The summed E-state index contributed by atoms with van der Waals surface area (Å²) in [5, 5.41) is 10.7. The summed E-state index contributed by atoms with van der Waals surface area (Å²) in [6.07, 6.45) is 1.58. The number of hydrogen-bond acceptors (Lipinski definition) is 3. The molecule has 0 spiro atoms. The molecule has 2 heterocycles. The number of rotatable bonds is 4. The van der Waals surface area contributed by atoms with Gasteiger partial charge in [0, 0.05) is 5.57 Å². The van der Waals surface area contributed by atoms with Crippen LogP contribution in [0.1, 0.15) is 28.5 Å². The number of benzene rings is 2. The molecule has 0 aliphatic carbocycles. The fourth-order valence-corrected chi connectivity index (χ4v) is 3.40. The van der Waals surface area contributed by atoms with E-state index in [2.05, 4.69) is 0 Å². The first-order valence-electron chi connectivity index (χ1n) is 8.53. The number of amides is 1. The van der Waals surface area contributed by atoms with E-state index in [0.717, 1.165) is 16.7 Å². The van der Waals surface area contributed by atoms with E-state index in [4.69, 9.17) is 4.42 Å². The molecule has 3 aromatic rings. The van der Waals surface area contributed by atoms with Crippen LogP contribution in [0.3, 0.4) is 0 Å². The lowest BCUT2D eigenvalue weighted by molar-refractivity contribution is -0.130. The normalized spacial score (nSPS) is 17.2. The van der Waals surface area contributed by atoms with Crippen molar-refractivity contribution in [2.45, 2.75) is 19.5 Å². The second kappa shape index (κ2) is 6.56. The molecule has 1 N–H and O–H groups in total. The fraction of sp³-hybridized carbons (Fsp3) is 0.136. The van der Waals surface area contributed by atoms with Gasteiger partial charge in [-0.3, -0.25) is 4.79 Å². The number of furan rings is 1. The number of aliphatic hydroxyl groups is 1. The van der Waals surface area contributed by atoms with Gasteiger partial charge in [0.05, 0.1) is 18.8 Å².